The third kappa shape index (κ3) is 4.25. The molecular formula is C20H18N2O4S. The number of benzene rings is 2. The van der Waals surface area contributed by atoms with Gasteiger partial charge in [-0.15, -0.1) is 0 Å². The number of nitrogens with zero attached hydrogens (tertiary/aromatic N) is 2. The first-order valence-corrected chi connectivity index (χ1v) is 9.25. The summed E-state index contributed by atoms with van der Waals surface area (Å²) in [6.07, 6.45) is 1.70. The molecule has 1 aliphatic heterocycles. The molecule has 6 nitrogen and oxygen atoms in total. The van der Waals surface area contributed by atoms with Gasteiger partial charge < -0.3 is 0 Å². The molecule has 1 fully saturated rings. The first kappa shape index (κ1) is 18.8. The highest BCUT2D eigenvalue weighted by molar-refractivity contribution is 8.18. The predicted octanol–water partition coefficient (Wildman–Crippen LogP) is 4.95. The molecule has 2 aromatic rings. The van der Waals surface area contributed by atoms with Gasteiger partial charge in [-0.05, 0) is 40.4 Å². The fraction of sp³-hybridized carbons (Fsp3) is 0.200. The van der Waals surface area contributed by atoms with Crippen molar-refractivity contribution in [2.24, 2.45) is 0 Å². The number of hydrogen-bond acceptors (Lipinski definition) is 5. The highest BCUT2D eigenvalue weighted by Crippen LogP contribution is 2.33. The van der Waals surface area contributed by atoms with Gasteiger partial charge in [0.05, 0.1) is 16.4 Å². The van der Waals surface area contributed by atoms with Crippen LogP contribution in [-0.4, -0.2) is 21.0 Å². The first-order chi connectivity index (χ1) is 12.8. The predicted molar refractivity (Wildman–Crippen MR) is 105 cm³/mol. The summed E-state index contributed by atoms with van der Waals surface area (Å²) in [5.74, 6) is 0.0330. The van der Waals surface area contributed by atoms with Gasteiger partial charge in [-0.3, -0.25) is 24.6 Å². The summed E-state index contributed by atoms with van der Waals surface area (Å²) in [5, 5.41) is 10.5. The van der Waals surface area contributed by atoms with Crippen LogP contribution in [0.1, 0.15) is 36.5 Å². The highest BCUT2D eigenvalue weighted by Gasteiger charge is 2.35. The van der Waals surface area contributed by atoms with Crippen molar-refractivity contribution in [3.05, 3.63) is 80.2 Å². The molecule has 3 rings (SSSR count). The monoisotopic (exact) mass is 382 g/mol. The van der Waals surface area contributed by atoms with E-state index in [1.54, 1.807) is 18.2 Å². The molecule has 2 aromatic carbocycles. The van der Waals surface area contributed by atoms with Crippen molar-refractivity contribution >= 4 is 34.7 Å². The third-order valence-electron chi connectivity index (χ3n) is 4.24. The molecule has 0 aliphatic carbocycles. The van der Waals surface area contributed by atoms with E-state index in [1.807, 2.05) is 24.3 Å². The van der Waals surface area contributed by atoms with E-state index in [4.69, 9.17) is 0 Å². The number of thioether (sulfide) groups is 1. The molecule has 0 atom stereocenters. The largest absolute Gasteiger partial charge is 0.293 e. The molecule has 0 aromatic heterocycles. The normalized spacial score (nSPS) is 15.8. The Hall–Kier alpha value is -2.93. The molecule has 2 amide bonds. The Labute approximate surface area is 161 Å². The van der Waals surface area contributed by atoms with Gasteiger partial charge >= 0.3 is 0 Å². The molecule has 0 N–H and O–H groups in total. The van der Waals surface area contributed by atoms with E-state index in [9.17, 15) is 19.7 Å². The van der Waals surface area contributed by atoms with Crippen molar-refractivity contribution in [3.8, 4) is 0 Å². The lowest BCUT2D eigenvalue weighted by atomic mass is 10.0. The van der Waals surface area contributed by atoms with E-state index in [1.165, 1.54) is 17.7 Å². The average molecular weight is 382 g/mol. The number of nitro groups is 1. The summed E-state index contributed by atoms with van der Waals surface area (Å²) in [4.78, 5) is 36.7. The summed E-state index contributed by atoms with van der Waals surface area (Å²) >= 11 is 0.882. The number of carbonyl (C=O) groups excluding carboxylic acids is 2. The molecule has 1 saturated heterocycles. The van der Waals surface area contributed by atoms with Crippen LogP contribution < -0.4 is 0 Å². The van der Waals surface area contributed by atoms with Crippen molar-refractivity contribution in [2.75, 3.05) is 0 Å². The van der Waals surface area contributed by atoms with Gasteiger partial charge in [-0.2, -0.15) is 0 Å². The molecule has 7 heteroatoms. The standard InChI is InChI=1S/C20H18N2O4S/c1-13(2)16-8-6-14(7-9-16)11-18-19(23)21(20(24)27-18)12-15-4-3-5-17(10-15)22(25)26/h3-11,13H,12H2,1-2H3. The summed E-state index contributed by atoms with van der Waals surface area (Å²) in [7, 11) is 0. The van der Waals surface area contributed by atoms with Crippen LogP contribution in [0.3, 0.4) is 0 Å². The van der Waals surface area contributed by atoms with E-state index < -0.39 is 4.92 Å². The van der Waals surface area contributed by atoms with E-state index in [0.29, 0.717) is 16.4 Å². The second-order valence-electron chi connectivity index (χ2n) is 6.52. The second-order valence-corrected chi connectivity index (χ2v) is 7.51. The van der Waals surface area contributed by atoms with Crippen molar-refractivity contribution in [1.29, 1.82) is 0 Å². The van der Waals surface area contributed by atoms with Crippen LogP contribution in [0.5, 0.6) is 0 Å². The highest BCUT2D eigenvalue weighted by atomic mass is 32.2. The van der Waals surface area contributed by atoms with Crippen LogP contribution in [0.15, 0.2) is 53.4 Å². The zero-order valence-electron chi connectivity index (χ0n) is 14.9. The number of rotatable bonds is 5. The van der Waals surface area contributed by atoms with Gasteiger partial charge in [0.25, 0.3) is 16.8 Å². The number of nitro benzene ring substituents is 1. The van der Waals surface area contributed by atoms with Crippen LogP contribution in [0.4, 0.5) is 10.5 Å². The molecule has 1 heterocycles. The molecule has 0 unspecified atom stereocenters. The van der Waals surface area contributed by atoms with E-state index >= 15 is 0 Å². The summed E-state index contributed by atoms with van der Waals surface area (Å²) in [5.41, 5.74) is 2.51. The molecule has 1 aliphatic rings. The van der Waals surface area contributed by atoms with E-state index in [2.05, 4.69) is 13.8 Å². The molecule has 138 valence electrons. The van der Waals surface area contributed by atoms with Crippen LogP contribution in [0.2, 0.25) is 0 Å². The smallest absolute Gasteiger partial charge is 0.268 e. The maximum atomic E-state index is 12.6. The Balaban J connectivity index is 1.78. The SMILES string of the molecule is CC(C)c1ccc(C=C2SC(=O)N(Cc3cccc([N+](=O)[O-])c3)C2=O)cc1. The van der Waals surface area contributed by atoms with Gasteiger partial charge in [-0.25, -0.2) is 0 Å². The summed E-state index contributed by atoms with van der Waals surface area (Å²) in [6.45, 7) is 4.22. The molecule has 0 bridgehead atoms. The lowest BCUT2D eigenvalue weighted by Crippen LogP contribution is -2.27. The Kier molecular flexibility index (Phi) is 5.41. The number of hydrogen-bond donors (Lipinski definition) is 0. The lowest BCUT2D eigenvalue weighted by molar-refractivity contribution is -0.384. The minimum Gasteiger partial charge on any atom is -0.268 e. The van der Waals surface area contributed by atoms with Crippen molar-refractivity contribution in [2.45, 2.75) is 26.3 Å². The molecular weight excluding hydrogens is 364 g/mol. The van der Waals surface area contributed by atoms with Crippen molar-refractivity contribution < 1.29 is 14.5 Å². The Morgan fingerprint density at radius 2 is 1.85 bits per heavy atom. The first-order valence-electron chi connectivity index (χ1n) is 8.44. The zero-order valence-corrected chi connectivity index (χ0v) is 15.7. The maximum Gasteiger partial charge on any atom is 0.293 e. The van der Waals surface area contributed by atoms with E-state index in [-0.39, 0.29) is 23.4 Å². The van der Waals surface area contributed by atoms with Crippen molar-refractivity contribution in [3.63, 3.8) is 0 Å². The number of imide groups is 1. The zero-order chi connectivity index (χ0) is 19.6. The molecule has 27 heavy (non-hydrogen) atoms. The lowest BCUT2D eigenvalue weighted by Gasteiger charge is -2.12. The van der Waals surface area contributed by atoms with Gasteiger partial charge in [0.15, 0.2) is 0 Å². The quantitative estimate of drug-likeness (QED) is 0.415. The number of amides is 2. The number of non-ortho nitro benzene ring substituents is 1. The van der Waals surface area contributed by atoms with Gasteiger partial charge in [0, 0.05) is 12.1 Å². The fourth-order valence-corrected chi connectivity index (χ4v) is 3.55. The average Bonchev–Trinajstić information content (AvgIpc) is 2.90. The second kappa shape index (κ2) is 7.75. The van der Waals surface area contributed by atoms with Gasteiger partial charge in [-0.1, -0.05) is 50.2 Å². The summed E-state index contributed by atoms with van der Waals surface area (Å²) < 4.78 is 0. The van der Waals surface area contributed by atoms with Gasteiger partial charge in [0.1, 0.15) is 0 Å². The minimum atomic E-state index is -0.502. The van der Waals surface area contributed by atoms with Crippen LogP contribution in [0, 0.1) is 10.1 Å². The minimum absolute atomic E-state index is 0.00989. The maximum absolute atomic E-state index is 12.6. The fourth-order valence-electron chi connectivity index (χ4n) is 2.72. The molecule has 0 saturated carbocycles. The molecule has 0 spiro atoms. The van der Waals surface area contributed by atoms with Crippen LogP contribution in [0.25, 0.3) is 6.08 Å². The van der Waals surface area contributed by atoms with Crippen LogP contribution in [-0.2, 0) is 11.3 Å². The molecule has 0 radical (unpaired) electrons. The third-order valence-corrected chi connectivity index (χ3v) is 5.14. The number of carbonyl (C=O) groups is 2. The topological polar surface area (TPSA) is 80.5 Å². The van der Waals surface area contributed by atoms with Crippen LogP contribution >= 0.6 is 11.8 Å². The summed E-state index contributed by atoms with van der Waals surface area (Å²) in [6, 6.07) is 13.8. The van der Waals surface area contributed by atoms with Crippen molar-refractivity contribution in [1.82, 2.24) is 4.90 Å². The Morgan fingerprint density at radius 3 is 2.48 bits per heavy atom. The Bertz CT molecular complexity index is 935. The Morgan fingerprint density at radius 1 is 1.15 bits per heavy atom. The van der Waals surface area contributed by atoms with E-state index in [0.717, 1.165) is 22.2 Å². The van der Waals surface area contributed by atoms with Gasteiger partial charge in [0.2, 0.25) is 0 Å².